The number of hydrogen-bond donors (Lipinski definition) is 1. The molecule has 0 unspecified atom stereocenters. The number of nitrogens with zero attached hydrogens (tertiary/aromatic N) is 1. The first-order valence-corrected chi connectivity index (χ1v) is 12.6. The SMILES string of the molecule is COc1ccc(C)cc1N([C@H](C)C(=O)NCC1(c2ccccc2)CCOCC1)S(C)(=O)=O. The van der Waals surface area contributed by atoms with Gasteiger partial charge in [0.2, 0.25) is 15.9 Å². The van der Waals surface area contributed by atoms with Crippen LogP contribution in [0.4, 0.5) is 5.69 Å². The third kappa shape index (κ3) is 5.24. The fraction of sp³-hybridized carbons (Fsp3) is 0.458. The number of amides is 1. The number of carbonyl (C=O) groups excluding carboxylic acids is 1. The Bertz CT molecular complexity index is 1030. The second kappa shape index (κ2) is 9.92. The Hall–Kier alpha value is -2.58. The molecule has 7 nitrogen and oxygen atoms in total. The molecule has 174 valence electrons. The summed E-state index contributed by atoms with van der Waals surface area (Å²) >= 11 is 0. The van der Waals surface area contributed by atoms with Crippen LogP contribution in [-0.4, -0.2) is 53.5 Å². The Labute approximate surface area is 190 Å². The molecular formula is C24H32N2O5S. The van der Waals surface area contributed by atoms with E-state index >= 15 is 0 Å². The smallest absolute Gasteiger partial charge is 0.243 e. The van der Waals surface area contributed by atoms with Crippen molar-refractivity contribution in [3.05, 3.63) is 59.7 Å². The lowest BCUT2D eigenvalue weighted by molar-refractivity contribution is -0.122. The molecule has 0 bridgehead atoms. The lowest BCUT2D eigenvalue weighted by atomic mass is 9.74. The number of methoxy groups -OCH3 is 1. The van der Waals surface area contributed by atoms with Crippen molar-refractivity contribution < 1.29 is 22.7 Å². The summed E-state index contributed by atoms with van der Waals surface area (Å²) in [6, 6.07) is 14.4. The maximum absolute atomic E-state index is 13.2. The molecule has 1 amide bonds. The van der Waals surface area contributed by atoms with Gasteiger partial charge in [0.25, 0.3) is 0 Å². The highest BCUT2D eigenvalue weighted by Gasteiger charge is 2.37. The summed E-state index contributed by atoms with van der Waals surface area (Å²) in [4.78, 5) is 13.2. The summed E-state index contributed by atoms with van der Waals surface area (Å²) in [7, 11) is -2.27. The van der Waals surface area contributed by atoms with E-state index in [0.29, 0.717) is 31.2 Å². The Kier molecular flexibility index (Phi) is 7.46. The number of carbonyl (C=O) groups is 1. The van der Waals surface area contributed by atoms with Gasteiger partial charge in [0.05, 0.1) is 19.1 Å². The molecule has 1 N–H and O–H groups in total. The number of anilines is 1. The van der Waals surface area contributed by atoms with Crippen molar-refractivity contribution in [2.75, 3.05) is 37.4 Å². The van der Waals surface area contributed by atoms with Crippen molar-refractivity contribution in [1.29, 1.82) is 0 Å². The van der Waals surface area contributed by atoms with Gasteiger partial charge < -0.3 is 14.8 Å². The minimum absolute atomic E-state index is 0.244. The Balaban J connectivity index is 1.86. The maximum atomic E-state index is 13.2. The molecule has 0 spiro atoms. The fourth-order valence-electron chi connectivity index (χ4n) is 4.28. The van der Waals surface area contributed by atoms with Crippen LogP contribution in [0.2, 0.25) is 0 Å². The fourth-order valence-corrected chi connectivity index (χ4v) is 5.45. The van der Waals surface area contributed by atoms with Crippen molar-refractivity contribution in [3.8, 4) is 5.75 Å². The van der Waals surface area contributed by atoms with Crippen LogP contribution in [-0.2, 0) is 25.0 Å². The van der Waals surface area contributed by atoms with Gasteiger partial charge in [-0.05, 0) is 49.9 Å². The van der Waals surface area contributed by atoms with Crippen molar-refractivity contribution >= 4 is 21.6 Å². The van der Waals surface area contributed by atoms with Gasteiger partial charge in [-0.2, -0.15) is 0 Å². The molecule has 0 saturated carbocycles. The van der Waals surface area contributed by atoms with Gasteiger partial charge >= 0.3 is 0 Å². The van der Waals surface area contributed by atoms with Crippen molar-refractivity contribution in [2.24, 2.45) is 0 Å². The second-order valence-electron chi connectivity index (χ2n) is 8.39. The largest absolute Gasteiger partial charge is 0.495 e. The second-order valence-corrected chi connectivity index (χ2v) is 10.2. The highest BCUT2D eigenvalue weighted by Crippen LogP contribution is 2.35. The molecule has 1 aliphatic rings. The number of aryl methyl sites for hydroxylation is 1. The van der Waals surface area contributed by atoms with Gasteiger partial charge in [-0.15, -0.1) is 0 Å². The summed E-state index contributed by atoms with van der Waals surface area (Å²) in [6.45, 7) is 5.11. The van der Waals surface area contributed by atoms with Crippen LogP contribution in [0.5, 0.6) is 5.75 Å². The van der Waals surface area contributed by atoms with E-state index in [2.05, 4.69) is 17.4 Å². The van der Waals surface area contributed by atoms with Crippen LogP contribution >= 0.6 is 0 Å². The van der Waals surface area contributed by atoms with Gasteiger partial charge in [-0.3, -0.25) is 9.10 Å². The predicted octanol–water partition coefficient (Wildman–Crippen LogP) is 3.02. The first-order chi connectivity index (χ1) is 15.2. The van der Waals surface area contributed by atoms with Crippen LogP contribution < -0.4 is 14.4 Å². The monoisotopic (exact) mass is 460 g/mol. The molecule has 0 radical (unpaired) electrons. The Morgan fingerprint density at radius 1 is 1.19 bits per heavy atom. The minimum Gasteiger partial charge on any atom is -0.495 e. The molecular weight excluding hydrogens is 428 g/mol. The van der Waals surface area contributed by atoms with Gasteiger partial charge in [0.15, 0.2) is 0 Å². The topological polar surface area (TPSA) is 84.9 Å². The van der Waals surface area contributed by atoms with E-state index in [0.717, 1.165) is 34.5 Å². The van der Waals surface area contributed by atoms with Crippen LogP contribution in [0.1, 0.15) is 30.9 Å². The van der Waals surface area contributed by atoms with E-state index in [9.17, 15) is 13.2 Å². The molecule has 0 aromatic heterocycles. The summed E-state index contributed by atoms with van der Waals surface area (Å²) in [5.41, 5.74) is 2.12. The van der Waals surface area contributed by atoms with E-state index in [1.807, 2.05) is 31.2 Å². The third-order valence-corrected chi connectivity index (χ3v) is 7.32. The maximum Gasteiger partial charge on any atom is 0.243 e. The number of sulfonamides is 1. The first kappa shape index (κ1) is 24.1. The van der Waals surface area contributed by atoms with Gasteiger partial charge in [-0.25, -0.2) is 8.42 Å². The van der Waals surface area contributed by atoms with Gasteiger partial charge in [0, 0.05) is 25.2 Å². The van der Waals surface area contributed by atoms with E-state index in [4.69, 9.17) is 9.47 Å². The Morgan fingerprint density at radius 3 is 2.44 bits per heavy atom. The highest BCUT2D eigenvalue weighted by molar-refractivity contribution is 7.92. The number of nitrogens with one attached hydrogen (secondary N) is 1. The molecule has 8 heteroatoms. The molecule has 32 heavy (non-hydrogen) atoms. The van der Waals surface area contributed by atoms with Gasteiger partial charge in [0.1, 0.15) is 11.8 Å². The molecule has 1 heterocycles. The molecule has 1 saturated heterocycles. The standard InChI is InChI=1S/C24H32N2O5S/c1-18-10-11-22(30-3)21(16-18)26(32(4,28)29)19(2)23(27)25-17-24(12-14-31-15-13-24)20-8-6-5-7-9-20/h5-11,16,19H,12-15,17H2,1-4H3,(H,25,27)/t19-/m1/s1. The molecule has 0 aliphatic carbocycles. The molecule has 2 aromatic rings. The lowest BCUT2D eigenvalue weighted by Crippen LogP contribution is -2.52. The first-order valence-electron chi connectivity index (χ1n) is 10.7. The third-order valence-electron chi connectivity index (χ3n) is 6.10. The summed E-state index contributed by atoms with van der Waals surface area (Å²) in [5.74, 6) is 0.0339. The molecule has 2 aromatic carbocycles. The zero-order chi connectivity index (χ0) is 23.4. The average molecular weight is 461 g/mol. The number of benzene rings is 2. The summed E-state index contributed by atoms with van der Waals surface area (Å²) in [5, 5.41) is 3.02. The highest BCUT2D eigenvalue weighted by atomic mass is 32.2. The van der Waals surface area contributed by atoms with Crippen LogP contribution in [0.15, 0.2) is 48.5 Å². The molecule has 1 aliphatic heterocycles. The summed E-state index contributed by atoms with van der Waals surface area (Å²) in [6.07, 6.45) is 2.67. The van der Waals surface area contributed by atoms with E-state index in [-0.39, 0.29) is 11.3 Å². The Morgan fingerprint density at radius 2 is 1.84 bits per heavy atom. The number of hydrogen-bond acceptors (Lipinski definition) is 5. The zero-order valence-corrected chi connectivity index (χ0v) is 19.9. The molecule has 3 rings (SSSR count). The number of ether oxygens (including phenoxy) is 2. The predicted molar refractivity (Wildman–Crippen MR) is 126 cm³/mol. The van der Waals surface area contributed by atoms with Crippen molar-refractivity contribution in [3.63, 3.8) is 0 Å². The van der Waals surface area contributed by atoms with Crippen molar-refractivity contribution in [2.45, 2.75) is 38.1 Å². The van der Waals surface area contributed by atoms with Crippen molar-refractivity contribution in [1.82, 2.24) is 5.32 Å². The quantitative estimate of drug-likeness (QED) is 0.655. The number of rotatable bonds is 8. The van der Waals surface area contributed by atoms with Crippen LogP contribution in [0, 0.1) is 6.92 Å². The van der Waals surface area contributed by atoms with Crippen LogP contribution in [0.3, 0.4) is 0 Å². The summed E-state index contributed by atoms with van der Waals surface area (Å²) < 4.78 is 37.5. The molecule has 1 atom stereocenters. The average Bonchev–Trinajstić information content (AvgIpc) is 2.78. The van der Waals surface area contributed by atoms with Crippen LogP contribution in [0.25, 0.3) is 0 Å². The van der Waals surface area contributed by atoms with E-state index < -0.39 is 16.1 Å². The zero-order valence-electron chi connectivity index (χ0n) is 19.1. The molecule has 1 fully saturated rings. The lowest BCUT2D eigenvalue weighted by Gasteiger charge is -2.38. The van der Waals surface area contributed by atoms with Gasteiger partial charge in [-0.1, -0.05) is 36.4 Å². The minimum atomic E-state index is -3.75. The normalized spacial score (nSPS) is 16.8. The van der Waals surface area contributed by atoms with E-state index in [1.165, 1.54) is 7.11 Å². The van der Waals surface area contributed by atoms with E-state index in [1.54, 1.807) is 19.1 Å².